The van der Waals surface area contributed by atoms with Gasteiger partial charge in [0, 0.05) is 25.5 Å². The Labute approximate surface area is 83.8 Å². The molecule has 0 spiro atoms. The first-order valence-corrected chi connectivity index (χ1v) is 4.93. The van der Waals surface area contributed by atoms with Crippen LogP contribution in [0.25, 0.3) is 0 Å². The molecule has 0 aromatic carbocycles. The maximum atomic E-state index is 10.4. The minimum atomic E-state index is 0.586. The van der Waals surface area contributed by atoms with Gasteiger partial charge in [-0.2, -0.15) is 0 Å². The molecule has 0 atom stereocenters. The van der Waals surface area contributed by atoms with Crippen LogP contribution in [-0.4, -0.2) is 29.4 Å². The summed E-state index contributed by atoms with van der Waals surface area (Å²) in [5.74, 6) is 0.586. The minimum absolute atomic E-state index is 0.586. The predicted octanol–water partition coefficient (Wildman–Crippen LogP) is 1.33. The molecule has 3 nitrogen and oxygen atoms in total. The molecule has 1 amide bonds. The van der Waals surface area contributed by atoms with Gasteiger partial charge in [-0.25, -0.2) is 0 Å². The number of rotatable bonds is 2. The molecule has 1 radical (unpaired) electrons. The van der Waals surface area contributed by atoms with E-state index in [0.717, 1.165) is 25.9 Å². The molecular weight excluding hydrogens is 176 g/mol. The Bertz CT molecular complexity index is 291. The van der Waals surface area contributed by atoms with Crippen LogP contribution in [0.2, 0.25) is 0 Å². The summed E-state index contributed by atoms with van der Waals surface area (Å²) in [7, 11) is 0. The summed E-state index contributed by atoms with van der Waals surface area (Å²) in [4.78, 5) is 16.1. The zero-order valence-electron chi connectivity index (χ0n) is 8.02. The van der Waals surface area contributed by atoms with Crippen molar-refractivity contribution in [3.63, 3.8) is 0 Å². The van der Waals surface area contributed by atoms with Crippen LogP contribution in [0, 0.1) is 0 Å². The summed E-state index contributed by atoms with van der Waals surface area (Å²) < 4.78 is 0. The van der Waals surface area contributed by atoms with Crippen molar-refractivity contribution in [1.82, 2.24) is 9.88 Å². The standard InChI is InChI=1S/C11H13N2O/c14-9-13-7-3-11(4-8-13)10-1-5-12-6-2-10/h1-2,5-6,11H,3-4,7-8H2. The minimum Gasteiger partial charge on any atom is -0.334 e. The van der Waals surface area contributed by atoms with Crippen LogP contribution in [0.5, 0.6) is 0 Å². The van der Waals surface area contributed by atoms with Crippen molar-refractivity contribution in [1.29, 1.82) is 0 Å². The fourth-order valence-electron chi connectivity index (χ4n) is 1.94. The molecule has 1 aliphatic rings. The highest BCUT2D eigenvalue weighted by Crippen LogP contribution is 2.26. The van der Waals surface area contributed by atoms with E-state index in [0.29, 0.717) is 5.92 Å². The fourth-order valence-corrected chi connectivity index (χ4v) is 1.94. The third-order valence-corrected chi connectivity index (χ3v) is 2.80. The SMILES string of the molecule is O=[C]N1CCC(c2ccncc2)CC1. The van der Waals surface area contributed by atoms with Crippen LogP contribution in [0.15, 0.2) is 24.5 Å². The summed E-state index contributed by atoms with van der Waals surface area (Å²) in [6.45, 7) is 1.66. The topological polar surface area (TPSA) is 33.2 Å². The monoisotopic (exact) mass is 189 g/mol. The molecule has 0 N–H and O–H groups in total. The molecule has 0 aliphatic carbocycles. The second kappa shape index (κ2) is 4.22. The number of nitrogens with zero attached hydrogens (tertiary/aromatic N) is 2. The smallest absolute Gasteiger partial charge is 0.312 e. The summed E-state index contributed by atoms with van der Waals surface area (Å²) in [5, 5.41) is 0. The number of likely N-dealkylation sites (tertiary alicyclic amines) is 1. The van der Waals surface area contributed by atoms with Gasteiger partial charge in [-0.1, -0.05) is 0 Å². The number of hydrogen-bond acceptors (Lipinski definition) is 2. The van der Waals surface area contributed by atoms with E-state index < -0.39 is 0 Å². The van der Waals surface area contributed by atoms with Gasteiger partial charge in [0.25, 0.3) is 0 Å². The van der Waals surface area contributed by atoms with Gasteiger partial charge in [-0.05, 0) is 36.5 Å². The lowest BCUT2D eigenvalue weighted by Gasteiger charge is -2.28. The number of carbonyl (C=O) groups excluding carboxylic acids is 1. The van der Waals surface area contributed by atoms with Crippen molar-refractivity contribution in [2.24, 2.45) is 0 Å². The van der Waals surface area contributed by atoms with E-state index >= 15 is 0 Å². The lowest BCUT2D eigenvalue weighted by atomic mass is 9.90. The molecule has 73 valence electrons. The highest BCUT2D eigenvalue weighted by Gasteiger charge is 2.19. The third-order valence-electron chi connectivity index (χ3n) is 2.80. The molecule has 1 saturated heterocycles. The van der Waals surface area contributed by atoms with E-state index in [9.17, 15) is 4.79 Å². The first kappa shape index (κ1) is 9.19. The lowest BCUT2D eigenvalue weighted by Crippen LogP contribution is -2.31. The first-order valence-electron chi connectivity index (χ1n) is 4.93. The molecule has 1 aromatic heterocycles. The number of amides is 1. The average Bonchev–Trinajstić information content (AvgIpc) is 2.30. The van der Waals surface area contributed by atoms with E-state index in [1.165, 1.54) is 5.56 Å². The molecular formula is C11H13N2O. The van der Waals surface area contributed by atoms with E-state index in [4.69, 9.17) is 0 Å². The number of hydrogen-bond donors (Lipinski definition) is 0. The van der Waals surface area contributed by atoms with E-state index in [1.807, 2.05) is 18.8 Å². The molecule has 0 bridgehead atoms. The van der Waals surface area contributed by atoms with Gasteiger partial charge in [0.05, 0.1) is 0 Å². The molecule has 2 rings (SSSR count). The van der Waals surface area contributed by atoms with Crippen molar-refractivity contribution < 1.29 is 4.79 Å². The molecule has 14 heavy (non-hydrogen) atoms. The Morgan fingerprint density at radius 2 is 1.93 bits per heavy atom. The van der Waals surface area contributed by atoms with Crippen molar-refractivity contribution >= 4 is 6.41 Å². The van der Waals surface area contributed by atoms with E-state index in [1.54, 1.807) is 4.90 Å². The Balaban J connectivity index is 1.99. The second-order valence-electron chi connectivity index (χ2n) is 3.63. The van der Waals surface area contributed by atoms with Crippen LogP contribution in [-0.2, 0) is 4.79 Å². The Hall–Kier alpha value is -1.38. The Morgan fingerprint density at radius 1 is 1.29 bits per heavy atom. The van der Waals surface area contributed by atoms with Gasteiger partial charge in [-0.15, -0.1) is 0 Å². The number of pyridine rings is 1. The van der Waals surface area contributed by atoms with Crippen molar-refractivity contribution in [2.45, 2.75) is 18.8 Å². The summed E-state index contributed by atoms with van der Waals surface area (Å²) in [6.07, 6.45) is 7.68. The molecule has 0 unspecified atom stereocenters. The maximum Gasteiger partial charge on any atom is 0.312 e. The van der Waals surface area contributed by atoms with Gasteiger partial charge in [-0.3, -0.25) is 9.78 Å². The Morgan fingerprint density at radius 3 is 2.50 bits per heavy atom. The molecule has 1 aliphatic heterocycles. The van der Waals surface area contributed by atoms with Crippen molar-refractivity contribution in [2.75, 3.05) is 13.1 Å². The molecule has 3 heteroatoms. The molecule has 1 aromatic rings. The Kier molecular flexibility index (Phi) is 2.77. The summed E-state index contributed by atoms with van der Waals surface area (Å²) in [5.41, 5.74) is 1.34. The number of piperidine rings is 1. The molecule has 0 saturated carbocycles. The second-order valence-corrected chi connectivity index (χ2v) is 3.63. The molecule has 2 heterocycles. The largest absolute Gasteiger partial charge is 0.334 e. The van der Waals surface area contributed by atoms with Crippen LogP contribution in [0.4, 0.5) is 0 Å². The zero-order valence-corrected chi connectivity index (χ0v) is 8.02. The fraction of sp³-hybridized carbons (Fsp3) is 0.455. The van der Waals surface area contributed by atoms with Crippen LogP contribution in [0.3, 0.4) is 0 Å². The summed E-state index contributed by atoms with van der Waals surface area (Å²) >= 11 is 0. The van der Waals surface area contributed by atoms with E-state index in [-0.39, 0.29) is 0 Å². The van der Waals surface area contributed by atoms with Crippen LogP contribution in [0.1, 0.15) is 24.3 Å². The van der Waals surface area contributed by atoms with Gasteiger partial charge in [0.15, 0.2) is 0 Å². The predicted molar refractivity (Wildman–Crippen MR) is 53.5 cm³/mol. The number of aromatic nitrogens is 1. The average molecular weight is 189 g/mol. The normalized spacial score (nSPS) is 18.1. The van der Waals surface area contributed by atoms with Gasteiger partial charge in [0.1, 0.15) is 0 Å². The highest BCUT2D eigenvalue weighted by atomic mass is 16.1. The zero-order chi connectivity index (χ0) is 9.80. The van der Waals surface area contributed by atoms with Gasteiger partial charge < -0.3 is 4.90 Å². The van der Waals surface area contributed by atoms with Crippen molar-refractivity contribution in [3.05, 3.63) is 30.1 Å². The third kappa shape index (κ3) is 1.92. The van der Waals surface area contributed by atoms with Crippen LogP contribution < -0.4 is 0 Å². The van der Waals surface area contributed by atoms with Crippen LogP contribution >= 0.6 is 0 Å². The first-order chi connectivity index (χ1) is 6.90. The van der Waals surface area contributed by atoms with Gasteiger partial charge in [0.2, 0.25) is 0 Å². The quantitative estimate of drug-likeness (QED) is 0.703. The maximum absolute atomic E-state index is 10.4. The lowest BCUT2D eigenvalue weighted by molar-refractivity contribution is 0.297. The van der Waals surface area contributed by atoms with Gasteiger partial charge >= 0.3 is 6.41 Å². The molecule has 1 fully saturated rings. The highest BCUT2D eigenvalue weighted by molar-refractivity contribution is 5.48. The summed E-state index contributed by atoms with van der Waals surface area (Å²) in [6, 6.07) is 4.12. The van der Waals surface area contributed by atoms with E-state index in [2.05, 4.69) is 17.1 Å². The van der Waals surface area contributed by atoms with Crippen molar-refractivity contribution in [3.8, 4) is 0 Å².